The summed E-state index contributed by atoms with van der Waals surface area (Å²) in [5.41, 5.74) is 1.000. The highest BCUT2D eigenvalue weighted by molar-refractivity contribution is 5.92. The zero-order chi connectivity index (χ0) is 32.1. The van der Waals surface area contributed by atoms with E-state index in [0.717, 1.165) is 55.6 Å². The highest BCUT2D eigenvalue weighted by Crippen LogP contribution is 2.45. The van der Waals surface area contributed by atoms with Crippen LogP contribution in [0.1, 0.15) is 76.2 Å². The van der Waals surface area contributed by atoms with Crippen molar-refractivity contribution >= 4 is 22.8 Å². The van der Waals surface area contributed by atoms with Crippen LogP contribution in [0.25, 0.3) is 11.0 Å². The number of amides is 2. The Balaban J connectivity index is 1.16. The molecule has 2 bridgehead atoms. The number of carbonyl (C=O) groups excluding carboxylic acids is 2. The summed E-state index contributed by atoms with van der Waals surface area (Å²) in [6, 6.07) is 16.2. The number of aromatic nitrogens is 2. The summed E-state index contributed by atoms with van der Waals surface area (Å²) in [5.74, 6) is -1.97. The van der Waals surface area contributed by atoms with Crippen LogP contribution in [0.2, 0.25) is 0 Å². The molecule has 3 atom stereocenters. The van der Waals surface area contributed by atoms with E-state index in [1.165, 1.54) is 30.3 Å². The number of imidazole rings is 1. The summed E-state index contributed by atoms with van der Waals surface area (Å²) in [4.78, 5) is 33.8. The number of rotatable bonds is 7. The number of benzene rings is 2. The Morgan fingerprint density at radius 1 is 0.978 bits per heavy atom. The van der Waals surface area contributed by atoms with Gasteiger partial charge in [-0.3, -0.25) is 14.5 Å². The normalized spacial score (nSPS) is 23.8. The molecule has 2 aromatic carbocycles. The molecule has 0 spiro atoms. The third-order valence-electron chi connectivity index (χ3n) is 10.5. The van der Waals surface area contributed by atoms with Crippen molar-refractivity contribution in [2.45, 2.75) is 101 Å². The molecule has 3 aliphatic rings. The van der Waals surface area contributed by atoms with Crippen LogP contribution in [0.3, 0.4) is 0 Å². The maximum atomic E-state index is 14.5. The average Bonchev–Trinajstić information content (AvgIpc) is 3.45. The van der Waals surface area contributed by atoms with Crippen LogP contribution in [-0.4, -0.2) is 74.6 Å². The number of carbonyl (C=O) groups is 2. The molecule has 3 aliphatic heterocycles. The highest BCUT2D eigenvalue weighted by atomic mass is 19.4. The lowest BCUT2D eigenvalue weighted by atomic mass is 9.70. The van der Waals surface area contributed by atoms with E-state index >= 15 is 0 Å². The number of para-hydroxylation sites is 2. The fraction of sp³-hybridized carbons (Fsp3) is 0.559. The SMILES string of the molecule is Cc1nc2ccccc2n1C1C[C@H]2CC[C@@H](C1)N2CCC1(c2cccc(F)c2)CCN(C(=O)C(C)(C)NC(=O)C(F)(F)F)CC1. The zero-order valence-corrected chi connectivity index (χ0v) is 26.0. The average molecular weight is 628 g/mol. The molecule has 4 heterocycles. The number of fused-ring (bicyclic) bond motifs is 3. The smallest absolute Gasteiger partial charge is 0.341 e. The molecule has 3 fully saturated rings. The Morgan fingerprint density at radius 3 is 2.29 bits per heavy atom. The third-order valence-corrected chi connectivity index (χ3v) is 10.5. The van der Waals surface area contributed by atoms with Crippen molar-refractivity contribution in [3.8, 4) is 0 Å². The van der Waals surface area contributed by atoms with Gasteiger partial charge in [0.2, 0.25) is 5.91 Å². The van der Waals surface area contributed by atoms with Crippen LogP contribution in [-0.2, 0) is 15.0 Å². The first-order chi connectivity index (χ1) is 21.3. The molecule has 11 heteroatoms. The second-order valence-electron chi connectivity index (χ2n) is 13.7. The maximum Gasteiger partial charge on any atom is 0.471 e. The molecule has 1 aromatic heterocycles. The summed E-state index contributed by atoms with van der Waals surface area (Å²) < 4.78 is 55.6. The molecule has 1 unspecified atom stereocenters. The van der Waals surface area contributed by atoms with Crippen molar-refractivity contribution in [1.82, 2.24) is 24.7 Å². The van der Waals surface area contributed by atoms with E-state index in [2.05, 4.69) is 34.6 Å². The van der Waals surface area contributed by atoms with E-state index in [1.54, 1.807) is 12.1 Å². The van der Waals surface area contributed by atoms with Crippen LogP contribution < -0.4 is 5.32 Å². The third kappa shape index (κ3) is 6.07. The number of nitrogens with one attached hydrogen (secondary N) is 1. The van der Waals surface area contributed by atoms with Crippen molar-refractivity contribution in [2.75, 3.05) is 19.6 Å². The minimum atomic E-state index is -5.08. The lowest BCUT2D eigenvalue weighted by Crippen LogP contribution is -2.60. The van der Waals surface area contributed by atoms with Crippen molar-refractivity contribution in [3.05, 3.63) is 65.7 Å². The Hall–Kier alpha value is -3.47. The molecule has 1 N–H and O–H groups in total. The van der Waals surface area contributed by atoms with Crippen molar-refractivity contribution < 1.29 is 27.2 Å². The van der Waals surface area contributed by atoms with Crippen molar-refractivity contribution in [1.29, 1.82) is 0 Å². The predicted octanol–water partition coefficient (Wildman–Crippen LogP) is 6.06. The van der Waals surface area contributed by atoms with E-state index in [9.17, 15) is 27.2 Å². The molecule has 6 rings (SSSR count). The van der Waals surface area contributed by atoms with Crippen LogP contribution in [0, 0.1) is 12.7 Å². The van der Waals surface area contributed by atoms with E-state index in [4.69, 9.17) is 4.98 Å². The second-order valence-corrected chi connectivity index (χ2v) is 13.7. The maximum absolute atomic E-state index is 14.5. The number of halogens is 4. The second kappa shape index (κ2) is 11.7. The van der Waals surface area contributed by atoms with Crippen LogP contribution in [0.5, 0.6) is 0 Å². The van der Waals surface area contributed by atoms with Gasteiger partial charge in [-0.1, -0.05) is 24.3 Å². The van der Waals surface area contributed by atoms with Gasteiger partial charge in [0.1, 0.15) is 17.2 Å². The van der Waals surface area contributed by atoms with Gasteiger partial charge in [0.15, 0.2) is 0 Å². The lowest BCUT2D eigenvalue weighted by molar-refractivity contribution is -0.176. The van der Waals surface area contributed by atoms with Gasteiger partial charge in [0.05, 0.1) is 11.0 Å². The lowest BCUT2D eigenvalue weighted by Gasteiger charge is -2.46. The Morgan fingerprint density at radius 2 is 1.64 bits per heavy atom. The number of hydrogen-bond donors (Lipinski definition) is 1. The highest BCUT2D eigenvalue weighted by Gasteiger charge is 2.47. The standard InChI is InChI=1S/C34H41F4N5O2/c1-22-39-28-9-4-5-10-29(28)43(22)27-20-25-11-12-26(21-27)42(25)18-15-33(23-7-6-8-24(35)19-23)13-16-41(17-14-33)31(45)32(2,3)40-30(44)34(36,37)38/h4-10,19,25-27H,11-18,20-21H2,1-3H3,(H,40,44)/t25-,26+,27?. The Kier molecular flexibility index (Phi) is 8.20. The summed E-state index contributed by atoms with van der Waals surface area (Å²) in [6.45, 7) is 6.13. The summed E-state index contributed by atoms with van der Waals surface area (Å²) >= 11 is 0. The van der Waals surface area contributed by atoms with E-state index in [0.29, 0.717) is 44.1 Å². The molecular weight excluding hydrogens is 586 g/mol. The van der Waals surface area contributed by atoms with E-state index in [-0.39, 0.29) is 11.2 Å². The van der Waals surface area contributed by atoms with Crippen molar-refractivity contribution in [2.24, 2.45) is 0 Å². The van der Waals surface area contributed by atoms with Gasteiger partial charge in [0.25, 0.3) is 0 Å². The molecular formula is C34H41F4N5O2. The summed E-state index contributed by atoms with van der Waals surface area (Å²) in [6.07, 6.45) is 1.19. The van der Waals surface area contributed by atoms with Crippen LogP contribution in [0.4, 0.5) is 17.6 Å². The number of aryl methyl sites for hydroxylation is 1. The van der Waals surface area contributed by atoms with Gasteiger partial charge >= 0.3 is 12.1 Å². The Bertz CT molecular complexity index is 1560. The van der Waals surface area contributed by atoms with E-state index < -0.39 is 23.5 Å². The molecule has 2 amide bonds. The number of nitrogens with zero attached hydrogens (tertiary/aromatic N) is 4. The minimum absolute atomic E-state index is 0.308. The topological polar surface area (TPSA) is 70.5 Å². The monoisotopic (exact) mass is 627 g/mol. The molecule has 3 aromatic rings. The van der Waals surface area contributed by atoms with Crippen LogP contribution >= 0.6 is 0 Å². The van der Waals surface area contributed by atoms with Crippen LogP contribution in [0.15, 0.2) is 48.5 Å². The number of hydrogen-bond acceptors (Lipinski definition) is 4. The fourth-order valence-corrected chi connectivity index (χ4v) is 8.23. The van der Waals surface area contributed by atoms with E-state index in [1.807, 2.05) is 17.4 Å². The summed E-state index contributed by atoms with van der Waals surface area (Å²) in [5, 5.41) is 1.85. The Labute approximate surface area is 261 Å². The molecule has 7 nitrogen and oxygen atoms in total. The molecule has 0 aliphatic carbocycles. The molecule has 3 saturated heterocycles. The van der Waals surface area contributed by atoms with Gasteiger partial charge in [-0.25, -0.2) is 9.37 Å². The van der Waals surface area contributed by atoms with Crippen molar-refractivity contribution in [3.63, 3.8) is 0 Å². The van der Waals surface area contributed by atoms with Gasteiger partial charge in [-0.05, 0) is 108 Å². The molecule has 0 saturated carbocycles. The first-order valence-electron chi connectivity index (χ1n) is 15.9. The van der Waals surface area contributed by atoms with Gasteiger partial charge < -0.3 is 14.8 Å². The fourth-order valence-electron chi connectivity index (χ4n) is 8.23. The number of alkyl halides is 3. The summed E-state index contributed by atoms with van der Waals surface area (Å²) in [7, 11) is 0. The quantitative estimate of drug-likeness (QED) is 0.324. The first-order valence-corrected chi connectivity index (χ1v) is 15.9. The zero-order valence-electron chi connectivity index (χ0n) is 26.0. The van der Waals surface area contributed by atoms with Gasteiger partial charge in [0, 0.05) is 31.2 Å². The largest absolute Gasteiger partial charge is 0.471 e. The van der Waals surface area contributed by atoms with Gasteiger partial charge in [-0.15, -0.1) is 0 Å². The first kappa shape index (κ1) is 31.5. The molecule has 0 radical (unpaired) electrons. The minimum Gasteiger partial charge on any atom is -0.341 e. The molecule has 242 valence electrons. The number of piperidine rings is 2. The number of likely N-dealkylation sites (tertiary alicyclic amines) is 1. The van der Waals surface area contributed by atoms with Gasteiger partial charge in [-0.2, -0.15) is 13.2 Å². The predicted molar refractivity (Wildman–Crippen MR) is 163 cm³/mol. The molecule has 45 heavy (non-hydrogen) atoms.